The van der Waals surface area contributed by atoms with E-state index >= 15 is 0 Å². The Bertz CT molecular complexity index is 568. The van der Waals surface area contributed by atoms with E-state index in [9.17, 15) is 9.59 Å². The highest BCUT2D eigenvalue weighted by atomic mass is 16.5. The molecule has 0 saturated heterocycles. The number of carbonyl (C=O) groups excluding carboxylic acids is 2. The summed E-state index contributed by atoms with van der Waals surface area (Å²) in [6.45, 7) is 4.43. The molecule has 6 heteroatoms. The van der Waals surface area contributed by atoms with Crippen molar-refractivity contribution in [1.82, 2.24) is 10.6 Å². The van der Waals surface area contributed by atoms with Crippen LogP contribution in [0, 0.1) is 5.92 Å². The molecule has 1 aromatic rings. The summed E-state index contributed by atoms with van der Waals surface area (Å²) < 4.78 is 10.4. The summed E-state index contributed by atoms with van der Waals surface area (Å²) in [5.74, 6) is 0.927. The monoisotopic (exact) mass is 320 g/mol. The smallest absolute Gasteiger partial charge is 0.244 e. The Hall–Kier alpha value is -2.50. The maximum atomic E-state index is 11.7. The minimum Gasteiger partial charge on any atom is -0.493 e. The number of methoxy groups -OCH3 is 2. The zero-order chi connectivity index (χ0) is 17.2. The molecule has 0 bridgehead atoms. The van der Waals surface area contributed by atoms with Gasteiger partial charge in [0.25, 0.3) is 0 Å². The van der Waals surface area contributed by atoms with Gasteiger partial charge in [0, 0.05) is 25.1 Å². The van der Waals surface area contributed by atoms with Gasteiger partial charge in [0.1, 0.15) is 0 Å². The number of rotatable bonds is 8. The van der Waals surface area contributed by atoms with Crippen molar-refractivity contribution >= 4 is 17.9 Å². The van der Waals surface area contributed by atoms with Crippen LogP contribution in [0.25, 0.3) is 6.08 Å². The van der Waals surface area contributed by atoms with Gasteiger partial charge in [0.05, 0.1) is 14.2 Å². The Morgan fingerprint density at radius 3 is 2.35 bits per heavy atom. The van der Waals surface area contributed by atoms with Crippen LogP contribution in [0.1, 0.15) is 19.4 Å². The normalized spacial score (nSPS) is 10.7. The van der Waals surface area contributed by atoms with Crippen molar-refractivity contribution in [3.05, 3.63) is 29.8 Å². The van der Waals surface area contributed by atoms with Crippen LogP contribution in [-0.2, 0) is 9.59 Å². The fourth-order valence-corrected chi connectivity index (χ4v) is 1.76. The van der Waals surface area contributed by atoms with Crippen LogP contribution in [0.5, 0.6) is 11.5 Å². The van der Waals surface area contributed by atoms with Crippen LogP contribution < -0.4 is 20.1 Å². The van der Waals surface area contributed by atoms with Gasteiger partial charge >= 0.3 is 0 Å². The number of benzene rings is 1. The van der Waals surface area contributed by atoms with Crippen molar-refractivity contribution in [2.24, 2.45) is 5.92 Å². The van der Waals surface area contributed by atoms with Crippen LogP contribution in [-0.4, -0.2) is 39.1 Å². The predicted octanol–water partition coefficient (Wildman–Crippen LogP) is 1.61. The molecule has 0 aliphatic heterocycles. The first kappa shape index (κ1) is 18.5. The van der Waals surface area contributed by atoms with Crippen LogP contribution in [0.3, 0.4) is 0 Å². The fraction of sp³-hybridized carbons (Fsp3) is 0.412. The molecule has 2 N–H and O–H groups in total. The minimum atomic E-state index is -0.224. The summed E-state index contributed by atoms with van der Waals surface area (Å²) in [6, 6.07) is 5.39. The second-order valence-electron chi connectivity index (χ2n) is 5.18. The Morgan fingerprint density at radius 2 is 1.74 bits per heavy atom. The molecule has 0 fully saturated rings. The quantitative estimate of drug-likeness (QED) is 0.563. The van der Waals surface area contributed by atoms with E-state index in [2.05, 4.69) is 10.6 Å². The minimum absolute atomic E-state index is 0.0277. The Kier molecular flexibility index (Phi) is 7.66. The molecule has 1 rings (SSSR count). The molecular formula is C17H24N2O4. The molecule has 0 aromatic heterocycles. The number of carbonyl (C=O) groups is 2. The molecule has 2 amide bonds. The Labute approximate surface area is 136 Å². The van der Waals surface area contributed by atoms with Crippen molar-refractivity contribution in [2.75, 3.05) is 27.3 Å². The lowest BCUT2D eigenvalue weighted by atomic mass is 10.2. The molecule has 126 valence electrons. The Morgan fingerprint density at radius 1 is 1.09 bits per heavy atom. The zero-order valence-electron chi connectivity index (χ0n) is 14.0. The van der Waals surface area contributed by atoms with Crippen LogP contribution in [0.4, 0.5) is 0 Å². The highest BCUT2D eigenvalue weighted by Gasteiger charge is 2.05. The maximum absolute atomic E-state index is 11.7. The maximum Gasteiger partial charge on any atom is 0.244 e. The van der Waals surface area contributed by atoms with E-state index in [1.807, 2.05) is 19.9 Å². The fourth-order valence-electron chi connectivity index (χ4n) is 1.76. The molecule has 0 unspecified atom stereocenters. The third kappa shape index (κ3) is 6.42. The van der Waals surface area contributed by atoms with Crippen molar-refractivity contribution < 1.29 is 19.1 Å². The van der Waals surface area contributed by atoms with Gasteiger partial charge in [-0.3, -0.25) is 9.59 Å². The first-order chi connectivity index (χ1) is 11.0. The van der Waals surface area contributed by atoms with Crippen molar-refractivity contribution in [1.29, 1.82) is 0 Å². The lowest BCUT2D eigenvalue weighted by Crippen LogP contribution is -2.35. The molecule has 6 nitrogen and oxygen atoms in total. The summed E-state index contributed by atoms with van der Waals surface area (Å²) in [5.41, 5.74) is 0.825. The van der Waals surface area contributed by atoms with Gasteiger partial charge in [-0.25, -0.2) is 0 Å². The number of amides is 2. The summed E-state index contributed by atoms with van der Waals surface area (Å²) in [6.07, 6.45) is 3.12. The van der Waals surface area contributed by atoms with Gasteiger partial charge in [-0.1, -0.05) is 19.9 Å². The zero-order valence-corrected chi connectivity index (χ0v) is 14.0. The molecule has 0 atom stereocenters. The average Bonchev–Trinajstić information content (AvgIpc) is 2.56. The highest BCUT2D eigenvalue weighted by Crippen LogP contribution is 2.27. The second kappa shape index (κ2) is 9.50. The van der Waals surface area contributed by atoms with E-state index in [0.29, 0.717) is 24.6 Å². The molecule has 23 heavy (non-hydrogen) atoms. The highest BCUT2D eigenvalue weighted by molar-refractivity contribution is 5.91. The van der Waals surface area contributed by atoms with E-state index < -0.39 is 0 Å². The van der Waals surface area contributed by atoms with Gasteiger partial charge in [0.2, 0.25) is 11.8 Å². The molecular weight excluding hydrogens is 296 g/mol. The first-order valence-corrected chi connectivity index (χ1v) is 7.43. The lowest BCUT2D eigenvalue weighted by molar-refractivity contribution is -0.124. The number of hydrogen-bond acceptors (Lipinski definition) is 4. The van der Waals surface area contributed by atoms with Crippen molar-refractivity contribution in [2.45, 2.75) is 13.8 Å². The summed E-state index contributed by atoms with van der Waals surface area (Å²) in [5, 5.41) is 5.43. The summed E-state index contributed by atoms with van der Waals surface area (Å²) in [7, 11) is 3.13. The van der Waals surface area contributed by atoms with Gasteiger partial charge < -0.3 is 20.1 Å². The molecule has 0 heterocycles. The number of hydrogen-bond donors (Lipinski definition) is 2. The summed E-state index contributed by atoms with van der Waals surface area (Å²) in [4.78, 5) is 23.1. The van der Waals surface area contributed by atoms with Crippen LogP contribution in [0.15, 0.2) is 24.3 Å². The van der Waals surface area contributed by atoms with E-state index in [1.54, 1.807) is 32.4 Å². The van der Waals surface area contributed by atoms with Crippen molar-refractivity contribution in [3.8, 4) is 11.5 Å². The average molecular weight is 320 g/mol. The SMILES string of the molecule is COc1ccc(/C=C/C(=O)NCCNC(=O)C(C)C)cc1OC. The predicted molar refractivity (Wildman–Crippen MR) is 89.4 cm³/mol. The van der Waals surface area contributed by atoms with Gasteiger partial charge in [-0.15, -0.1) is 0 Å². The van der Waals surface area contributed by atoms with Crippen LogP contribution >= 0.6 is 0 Å². The molecule has 0 spiro atoms. The summed E-state index contributed by atoms with van der Waals surface area (Å²) >= 11 is 0. The van der Waals surface area contributed by atoms with Crippen molar-refractivity contribution in [3.63, 3.8) is 0 Å². The molecule has 1 aromatic carbocycles. The molecule has 0 aliphatic carbocycles. The van der Waals surface area contributed by atoms with E-state index in [-0.39, 0.29) is 17.7 Å². The van der Waals surface area contributed by atoms with Crippen LogP contribution in [0.2, 0.25) is 0 Å². The van der Waals surface area contributed by atoms with Gasteiger partial charge in [-0.2, -0.15) is 0 Å². The van der Waals surface area contributed by atoms with E-state index in [1.165, 1.54) is 6.08 Å². The molecule has 0 saturated carbocycles. The number of nitrogens with one attached hydrogen (secondary N) is 2. The Balaban J connectivity index is 2.45. The largest absolute Gasteiger partial charge is 0.493 e. The third-order valence-corrected chi connectivity index (χ3v) is 3.08. The molecule has 0 radical (unpaired) electrons. The van der Waals surface area contributed by atoms with E-state index in [0.717, 1.165) is 5.56 Å². The number of ether oxygens (including phenoxy) is 2. The first-order valence-electron chi connectivity index (χ1n) is 7.43. The standard InChI is InChI=1S/C17H24N2O4/c1-12(2)17(21)19-10-9-18-16(20)8-6-13-5-7-14(22-3)15(11-13)23-4/h5-8,11-12H,9-10H2,1-4H3,(H,18,20)(H,19,21)/b8-6+. The lowest BCUT2D eigenvalue weighted by Gasteiger charge is -2.08. The van der Waals surface area contributed by atoms with Gasteiger partial charge in [-0.05, 0) is 23.8 Å². The molecule has 0 aliphatic rings. The van der Waals surface area contributed by atoms with E-state index in [4.69, 9.17) is 9.47 Å². The third-order valence-electron chi connectivity index (χ3n) is 3.08. The topological polar surface area (TPSA) is 76.7 Å². The second-order valence-corrected chi connectivity index (χ2v) is 5.18. The van der Waals surface area contributed by atoms with Gasteiger partial charge in [0.15, 0.2) is 11.5 Å².